The molecule has 1 aliphatic rings. The predicted octanol–water partition coefficient (Wildman–Crippen LogP) is 2.77. The summed E-state index contributed by atoms with van der Waals surface area (Å²) < 4.78 is 2.64. The summed E-state index contributed by atoms with van der Waals surface area (Å²) in [6.45, 7) is 2.02. The first-order valence-corrected chi connectivity index (χ1v) is 9.29. The van der Waals surface area contributed by atoms with E-state index in [1.807, 2.05) is 29.2 Å². The van der Waals surface area contributed by atoms with Gasteiger partial charge in [-0.3, -0.25) is 9.59 Å². The van der Waals surface area contributed by atoms with Crippen LogP contribution in [-0.4, -0.2) is 46.1 Å². The Morgan fingerprint density at radius 2 is 1.84 bits per heavy atom. The molecule has 6 nitrogen and oxygen atoms in total. The van der Waals surface area contributed by atoms with Crippen molar-refractivity contribution in [1.82, 2.24) is 20.0 Å². The van der Waals surface area contributed by atoms with Gasteiger partial charge < -0.3 is 10.2 Å². The molecule has 0 atom stereocenters. The fourth-order valence-corrected chi connectivity index (χ4v) is 3.13. The number of halogens is 1. The van der Waals surface area contributed by atoms with E-state index in [2.05, 4.69) is 26.3 Å². The van der Waals surface area contributed by atoms with E-state index in [9.17, 15) is 9.59 Å². The molecule has 3 rings (SSSR count). The van der Waals surface area contributed by atoms with E-state index in [0.717, 1.165) is 36.1 Å². The molecule has 1 aromatic carbocycles. The minimum absolute atomic E-state index is 0.116. The van der Waals surface area contributed by atoms with Gasteiger partial charge in [-0.25, -0.2) is 4.68 Å². The van der Waals surface area contributed by atoms with Crippen LogP contribution in [0.4, 0.5) is 0 Å². The summed E-state index contributed by atoms with van der Waals surface area (Å²) >= 11 is 3.39. The van der Waals surface area contributed by atoms with E-state index < -0.39 is 0 Å². The van der Waals surface area contributed by atoms with Crippen molar-refractivity contribution in [2.45, 2.75) is 25.7 Å². The predicted molar refractivity (Wildman–Crippen MR) is 98.6 cm³/mol. The Morgan fingerprint density at radius 1 is 1.12 bits per heavy atom. The number of nitrogens with zero attached hydrogens (tertiary/aromatic N) is 3. The molecule has 2 amide bonds. The number of hydrogen-bond acceptors (Lipinski definition) is 3. The third-order valence-corrected chi connectivity index (χ3v) is 4.80. The van der Waals surface area contributed by atoms with Crippen molar-refractivity contribution in [2.24, 2.45) is 0 Å². The Labute approximate surface area is 155 Å². The molecule has 1 saturated heterocycles. The highest BCUT2D eigenvalue weighted by molar-refractivity contribution is 9.10. The van der Waals surface area contributed by atoms with Crippen LogP contribution in [0.5, 0.6) is 0 Å². The maximum absolute atomic E-state index is 12.2. The number of nitrogens with one attached hydrogen (secondary N) is 1. The van der Waals surface area contributed by atoms with Crippen molar-refractivity contribution in [2.75, 3.05) is 19.6 Å². The van der Waals surface area contributed by atoms with Crippen molar-refractivity contribution < 1.29 is 9.59 Å². The van der Waals surface area contributed by atoms with Crippen LogP contribution in [0.1, 0.15) is 36.0 Å². The summed E-state index contributed by atoms with van der Waals surface area (Å²) in [5, 5.41) is 7.01. The molecule has 0 aliphatic carbocycles. The second-order valence-corrected chi connectivity index (χ2v) is 7.01. The van der Waals surface area contributed by atoms with Gasteiger partial charge in [0.15, 0.2) is 0 Å². The van der Waals surface area contributed by atoms with E-state index in [4.69, 9.17) is 0 Å². The largest absolute Gasteiger partial charge is 0.351 e. The number of likely N-dealkylation sites (tertiary alicyclic amines) is 1. The molecule has 2 heterocycles. The summed E-state index contributed by atoms with van der Waals surface area (Å²) in [5.74, 6) is -0.0969. The number of aromatic nitrogens is 2. The van der Waals surface area contributed by atoms with E-state index >= 15 is 0 Å². The maximum atomic E-state index is 12.2. The van der Waals surface area contributed by atoms with Gasteiger partial charge in [0.05, 0.1) is 17.4 Å². The normalized spacial score (nSPS) is 14.4. The quantitative estimate of drug-likeness (QED) is 0.832. The fourth-order valence-electron chi connectivity index (χ4n) is 2.86. The van der Waals surface area contributed by atoms with Gasteiger partial charge in [-0.2, -0.15) is 5.10 Å². The number of carbonyl (C=O) groups is 2. The number of piperidine rings is 1. The van der Waals surface area contributed by atoms with Crippen molar-refractivity contribution in [3.8, 4) is 5.69 Å². The van der Waals surface area contributed by atoms with E-state index in [-0.39, 0.29) is 11.8 Å². The molecule has 0 radical (unpaired) electrons. The lowest BCUT2D eigenvalue weighted by Gasteiger charge is -2.26. The summed E-state index contributed by atoms with van der Waals surface area (Å²) in [6.07, 6.45) is 6.91. The Balaban J connectivity index is 1.50. The minimum Gasteiger partial charge on any atom is -0.351 e. The SMILES string of the molecule is O=C(NCCC(=O)N1CCCCC1)c1cnn(-c2ccc(Br)cc2)c1. The van der Waals surface area contributed by atoms with Crippen LogP contribution in [-0.2, 0) is 4.79 Å². The highest BCUT2D eigenvalue weighted by Crippen LogP contribution is 2.14. The first-order chi connectivity index (χ1) is 12.1. The highest BCUT2D eigenvalue weighted by atomic mass is 79.9. The van der Waals surface area contributed by atoms with Gasteiger partial charge in [0.25, 0.3) is 5.91 Å². The lowest BCUT2D eigenvalue weighted by atomic mass is 10.1. The molecule has 2 aromatic rings. The van der Waals surface area contributed by atoms with E-state index in [1.54, 1.807) is 10.9 Å². The van der Waals surface area contributed by atoms with Gasteiger partial charge in [-0.1, -0.05) is 15.9 Å². The Hall–Kier alpha value is -2.15. The van der Waals surface area contributed by atoms with Crippen LogP contribution in [0, 0.1) is 0 Å². The molecule has 7 heteroatoms. The molecule has 1 aliphatic heterocycles. The summed E-state index contributed by atoms with van der Waals surface area (Å²) in [6, 6.07) is 7.66. The Morgan fingerprint density at radius 3 is 2.56 bits per heavy atom. The number of rotatable bonds is 5. The van der Waals surface area contributed by atoms with Crippen molar-refractivity contribution in [3.63, 3.8) is 0 Å². The molecule has 132 valence electrons. The zero-order valence-electron chi connectivity index (χ0n) is 13.9. The molecule has 25 heavy (non-hydrogen) atoms. The monoisotopic (exact) mass is 404 g/mol. The lowest BCUT2D eigenvalue weighted by Crippen LogP contribution is -2.37. The van der Waals surface area contributed by atoms with Gasteiger partial charge in [-0.15, -0.1) is 0 Å². The van der Waals surface area contributed by atoms with E-state index in [1.165, 1.54) is 12.6 Å². The molecular formula is C18H21BrN4O2. The molecule has 1 fully saturated rings. The fraction of sp³-hybridized carbons (Fsp3) is 0.389. The minimum atomic E-state index is -0.213. The average molecular weight is 405 g/mol. The average Bonchev–Trinajstić information content (AvgIpc) is 3.13. The van der Waals surface area contributed by atoms with Crippen LogP contribution >= 0.6 is 15.9 Å². The maximum Gasteiger partial charge on any atom is 0.254 e. The standard InChI is InChI=1S/C18H21BrN4O2/c19-15-4-6-16(7-5-15)23-13-14(12-21-23)18(25)20-9-8-17(24)22-10-2-1-3-11-22/h4-7,12-13H,1-3,8-11H2,(H,20,25). The number of hydrogen-bond donors (Lipinski definition) is 1. The van der Waals surface area contributed by atoms with Gasteiger partial charge >= 0.3 is 0 Å². The van der Waals surface area contributed by atoms with Crippen LogP contribution in [0.25, 0.3) is 5.69 Å². The molecule has 1 N–H and O–H groups in total. The summed E-state index contributed by atoms with van der Waals surface area (Å²) in [4.78, 5) is 26.2. The second kappa shape index (κ2) is 8.29. The zero-order chi connectivity index (χ0) is 17.6. The van der Waals surface area contributed by atoms with Gasteiger partial charge in [-0.05, 0) is 43.5 Å². The Kier molecular flexibility index (Phi) is 5.86. The molecular weight excluding hydrogens is 384 g/mol. The molecule has 0 spiro atoms. The van der Waals surface area contributed by atoms with Crippen molar-refractivity contribution in [1.29, 1.82) is 0 Å². The number of amides is 2. The van der Waals surface area contributed by atoms with Crippen LogP contribution in [0.3, 0.4) is 0 Å². The van der Waals surface area contributed by atoms with Gasteiger partial charge in [0, 0.05) is 36.7 Å². The van der Waals surface area contributed by atoms with Crippen LogP contribution in [0.2, 0.25) is 0 Å². The molecule has 0 unspecified atom stereocenters. The third-order valence-electron chi connectivity index (χ3n) is 4.27. The summed E-state index contributed by atoms with van der Waals surface area (Å²) in [5.41, 5.74) is 1.36. The summed E-state index contributed by atoms with van der Waals surface area (Å²) in [7, 11) is 0. The van der Waals surface area contributed by atoms with Crippen molar-refractivity contribution >= 4 is 27.7 Å². The zero-order valence-corrected chi connectivity index (χ0v) is 15.5. The Bertz CT molecular complexity index is 736. The van der Waals surface area contributed by atoms with Crippen LogP contribution in [0.15, 0.2) is 41.1 Å². The third kappa shape index (κ3) is 4.69. The lowest BCUT2D eigenvalue weighted by molar-refractivity contribution is -0.131. The van der Waals surface area contributed by atoms with Crippen molar-refractivity contribution in [3.05, 3.63) is 46.7 Å². The smallest absolute Gasteiger partial charge is 0.254 e. The molecule has 0 saturated carbocycles. The van der Waals surface area contributed by atoms with Crippen LogP contribution < -0.4 is 5.32 Å². The molecule has 1 aromatic heterocycles. The second-order valence-electron chi connectivity index (χ2n) is 6.10. The highest BCUT2D eigenvalue weighted by Gasteiger charge is 2.16. The van der Waals surface area contributed by atoms with Gasteiger partial charge in [0.2, 0.25) is 5.91 Å². The molecule has 0 bridgehead atoms. The number of benzene rings is 1. The van der Waals surface area contributed by atoms with Gasteiger partial charge in [0.1, 0.15) is 0 Å². The number of carbonyl (C=O) groups excluding carboxylic acids is 2. The first-order valence-electron chi connectivity index (χ1n) is 8.50. The van der Waals surface area contributed by atoms with E-state index in [0.29, 0.717) is 18.5 Å². The topological polar surface area (TPSA) is 67.2 Å². The first kappa shape index (κ1) is 17.7.